The summed E-state index contributed by atoms with van der Waals surface area (Å²) in [6.45, 7) is 17.4. The van der Waals surface area contributed by atoms with Gasteiger partial charge in [0.2, 0.25) is 0 Å². The molecule has 1 spiro atoms. The van der Waals surface area contributed by atoms with E-state index in [2.05, 4.69) is 27.7 Å². The average Bonchev–Trinajstić information content (AvgIpc) is 1.49. The number of hydrogen-bond acceptors (Lipinski definition) is 24. The zero-order chi connectivity index (χ0) is 71.1. The van der Waals surface area contributed by atoms with Gasteiger partial charge in [0.05, 0.1) is 47.7 Å². The Bertz CT molecular complexity index is 3370. The minimum Gasteiger partial charge on any atom is -0.459 e. The largest absolute Gasteiger partial charge is 0.459 e. The van der Waals surface area contributed by atoms with Crippen molar-refractivity contribution in [1.29, 1.82) is 0 Å². The van der Waals surface area contributed by atoms with Crippen molar-refractivity contribution in [2.45, 2.75) is 243 Å². The summed E-state index contributed by atoms with van der Waals surface area (Å²) in [7, 11) is 2.68. The molecule has 5 saturated heterocycles. The van der Waals surface area contributed by atoms with Crippen LogP contribution in [0.15, 0.2) is 91.0 Å². The van der Waals surface area contributed by atoms with E-state index in [4.69, 9.17) is 80.5 Å². The maximum absolute atomic E-state index is 15.1. The lowest BCUT2D eigenvalue weighted by Gasteiger charge is -2.63. The molecule has 3 aromatic carbocycles. The zero-order valence-corrected chi connectivity index (χ0v) is 59.2. The Hall–Kier alpha value is -6.45. The first kappa shape index (κ1) is 73.3. The van der Waals surface area contributed by atoms with Crippen LogP contribution in [-0.2, 0) is 99.7 Å². The molecule has 9 fully saturated rings. The summed E-state index contributed by atoms with van der Waals surface area (Å²) >= 11 is 0. The van der Waals surface area contributed by atoms with Crippen LogP contribution in [-0.4, -0.2) is 185 Å². The molecular formula is C76H98O24. The molecule has 0 radical (unpaired) electrons. The molecule has 4 saturated carbocycles. The van der Waals surface area contributed by atoms with E-state index in [1.807, 2.05) is 18.2 Å². The third-order valence-corrected chi connectivity index (χ3v) is 23.5. The average molecular weight is 1400 g/mol. The molecule has 9 aliphatic rings. The topological polar surface area (TPSA) is 276 Å². The number of esters is 7. The minimum absolute atomic E-state index is 0.0347. The van der Waals surface area contributed by atoms with E-state index in [-0.39, 0.29) is 57.7 Å². The van der Waals surface area contributed by atoms with Crippen LogP contribution >= 0.6 is 0 Å². The molecule has 546 valence electrons. The molecule has 0 bridgehead atoms. The number of ether oxygens (including phenoxy) is 17. The second-order valence-electron chi connectivity index (χ2n) is 29.6. The number of fused-ring (bicyclic) bond motifs is 7. The molecule has 5 heterocycles. The van der Waals surface area contributed by atoms with Gasteiger partial charge in [0.1, 0.15) is 37.1 Å². The lowest BCUT2D eigenvalue weighted by atomic mass is 9.43. The Balaban J connectivity index is 0.944. The fourth-order valence-electron chi connectivity index (χ4n) is 19.0. The molecule has 3 aromatic rings. The van der Waals surface area contributed by atoms with E-state index < -0.39 is 159 Å². The molecule has 100 heavy (non-hydrogen) atoms. The molecule has 0 amide bonds. The first-order chi connectivity index (χ1) is 47.8. The highest BCUT2D eigenvalue weighted by molar-refractivity contribution is 5.90. The van der Waals surface area contributed by atoms with Crippen molar-refractivity contribution in [2.24, 2.45) is 52.3 Å². The number of carbonyl (C=O) groups excluding carboxylic acids is 7. The number of hydrogen-bond donors (Lipinski definition) is 0. The van der Waals surface area contributed by atoms with Gasteiger partial charge in [-0.15, -0.1) is 0 Å². The van der Waals surface area contributed by atoms with Crippen LogP contribution in [0.25, 0.3) is 0 Å². The van der Waals surface area contributed by atoms with Crippen molar-refractivity contribution < 1.29 is 114 Å². The van der Waals surface area contributed by atoms with Gasteiger partial charge in [-0.25, -0.2) is 14.4 Å². The Labute approximate surface area is 584 Å². The third-order valence-electron chi connectivity index (χ3n) is 23.5. The minimum atomic E-state index is -1.75. The van der Waals surface area contributed by atoms with Crippen molar-refractivity contribution >= 4 is 41.8 Å². The molecule has 0 aromatic heterocycles. The van der Waals surface area contributed by atoms with Gasteiger partial charge in [0.15, 0.2) is 61.3 Å². The Morgan fingerprint density at radius 2 is 0.970 bits per heavy atom. The van der Waals surface area contributed by atoms with Gasteiger partial charge in [-0.3, -0.25) is 19.2 Å². The van der Waals surface area contributed by atoms with Gasteiger partial charge < -0.3 is 80.5 Å². The fourth-order valence-corrected chi connectivity index (χ4v) is 19.0. The quantitative estimate of drug-likeness (QED) is 0.0613. The maximum atomic E-state index is 15.1. The van der Waals surface area contributed by atoms with Crippen LogP contribution in [0.1, 0.15) is 158 Å². The van der Waals surface area contributed by atoms with E-state index in [1.54, 1.807) is 86.6 Å². The van der Waals surface area contributed by atoms with Crippen LogP contribution in [0.5, 0.6) is 0 Å². The second kappa shape index (κ2) is 30.5. The number of methoxy groups -OCH3 is 2. The van der Waals surface area contributed by atoms with E-state index in [0.717, 1.165) is 39.0 Å². The van der Waals surface area contributed by atoms with Crippen molar-refractivity contribution in [2.75, 3.05) is 27.4 Å². The van der Waals surface area contributed by atoms with Crippen LogP contribution in [0, 0.1) is 52.3 Å². The van der Waals surface area contributed by atoms with Crippen molar-refractivity contribution in [3.8, 4) is 0 Å². The van der Waals surface area contributed by atoms with E-state index >= 15 is 4.79 Å². The second-order valence-corrected chi connectivity index (χ2v) is 29.6. The van der Waals surface area contributed by atoms with Crippen LogP contribution in [0.4, 0.5) is 0 Å². The van der Waals surface area contributed by atoms with Gasteiger partial charge >= 0.3 is 41.8 Å². The first-order valence-corrected chi connectivity index (χ1v) is 35.6. The van der Waals surface area contributed by atoms with E-state index in [0.29, 0.717) is 49.7 Å². The summed E-state index contributed by atoms with van der Waals surface area (Å²) < 4.78 is 111. The molecule has 24 nitrogen and oxygen atoms in total. The molecule has 24 heteroatoms. The molecule has 0 N–H and O–H groups in total. The number of rotatable bonds is 19. The van der Waals surface area contributed by atoms with E-state index in [9.17, 15) is 28.8 Å². The monoisotopic (exact) mass is 1390 g/mol. The van der Waals surface area contributed by atoms with E-state index in [1.165, 1.54) is 35.0 Å². The molecule has 0 unspecified atom stereocenters. The summed E-state index contributed by atoms with van der Waals surface area (Å²) in [5, 5.41) is 0. The molecule has 28 atom stereocenters. The highest BCUT2D eigenvalue weighted by Gasteiger charge is 2.71. The predicted molar refractivity (Wildman–Crippen MR) is 351 cm³/mol. The third kappa shape index (κ3) is 14.8. The molecule has 4 aliphatic carbocycles. The summed E-state index contributed by atoms with van der Waals surface area (Å²) in [6, 6.07) is 25.3. The first-order valence-electron chi connectivity index (χ1n) is 35.6. The lowest BCUT2D eigenvalue weighted by Crippen LogP contribution is -2.68. The summed E-state index contributed by atoms with van der Waals surface area (Å²) in [5.74, 6) is -4.24. The van der Waals surface area contributed by atoms with Gasteiger partial charge in [-0.05, 0) is 142 Å². The smallest absolute Gasteiger partial charge is 0.338 e. The Morgan fingerprint density at radius 1 is 0.470 bits per heavy atom. The van der Waals surface area contributed by atoms with Gasteiger partial charge in [0, 0.05) is 60.2 Å². The normalized spacial score (nSPS) is 41.1. The predicted octanol–water partition coefficient (Wildman–Crippen LogP) is 9.48. The Morgan fingerprint density at radius 3 is 1.49 bits per heavy atom. The Kier molecular flexibility index (Phi) is 22.3. The van der Waals surface area contributed by atoms with Crippen LogP contribution in [0.2, 0.25) is 0 Å². The van der Waals surface area contributed by atoms with Crippen LogP contribution in [0.3, 0.4) is 0 Å². The molecule has 12 rings (SSSR count). The maximum Gasteiger partial charge on any atom is 0.338 e. The van der Waals surface area contributed by atoms with Crippen molar-refractivity contribution in [1.82, 2.24) is 0 Å². The van der Waals surface area contributed by atoms with Gasteiger partial charge in [0.25, 0.3) is 0 Å². The SMILES string of the molecule is CO[C@@H]1[C@@H](OC(C)=O)[C@H](C)O[C@@H](O[C@H]2[C@H](O[C@H]3CC[C@@]4(C)[C@H](C3)[C@@H](OC(=O)c3ccccc3)C[C@@H]3[C@@H]4CC[C@]4(C)[C@@H]5[C@H](C[C@@H]34)O[C@]3(CC[C@@H](C)CO3)[C@H]5C)O[C@H](COC(=O)c3ccccc3)[C@@H](O[C@@H]3O[C@@H](C)[C@H](OC(C)=O)[C@@H](OC)[C@H]3OC(C)=O)[C@@H]2OC(=O)c2ccccc2)[C@@H]1OC(C)=O. The lowest BCUT2D eigenvalue weighted by molar-refractivity contribution is -0.389. The number of carbonyl (C=O) groups is 7. The van der Waals surface area contributed by atoms with Crippen molar-refractivity contribution in [3.05, 3.63) is 108 Å². The summed E-state index contributed by atoms with van der Waals surface area (Å²) in [4.78, 5) is 95.9. The highest BCUT2D eigenvalue weighted by atomic mass is 16.8. The summed E-state index contributed by atoms with van der Waals surface area (Å²) in [5.41, 5.74) is 0.261. The fraction of sp³-hybridized carbons (Fsp3) is 0.671. The van der Waals surface area contributed by atoms with Gasteiger partial charge in [-0.1, -0.05) is 82.3 Å². The number of benzene rings is 3. The van der Waals surface area contributed by atoms with Gasteiger partial charge in [-0.2, -0.15) is 0 Å². The standard InChI is InChI=1S/C76H98O24/c1-39-28-33-76(87-37-39)40(2)58-56(100-76)36-53-51-35-55(95-69(82)48-24-18-14-19-25-48)54-34-50(29-31-74(54,9)52(51)30-32-75(53,58)10)94-73-67(99-72-66(93-46(8)80)63(85-12)60(42(4)89-72)91-44(6)78)64(97-70(83)49-26-20-15-21-27-49)61(57(96-73)38-86-68(81)47-22-16-13-17-23-47)98-71-65(92-45(7)79)62(84-11)59(41(3)88-71)90-43(5)77/h13-27,39-42,50-67,71-73H,28-38H2,1-12H3/t39-,40+,41+,42+,50+,51-,52+,53+,54-,55+,56+,57-,58+,59+,60+,61-,62-,63-,64+,65-,66-,67-,71+,72+,73-,74-,75+,76-/m1/s1. The highest BCUT2D eigenvalue weighted by Crippen LogP contribution is 2.72. The zero-order valence-electron chi connectivity index (χ0n) is 59.2. The van der Waals surface area contributed by atoms with Crippen LogP contribution < -0.4 is 0 Å². The molecule has 5 aliphatic heterocycles. The summed E-state index contributed by atoms with van der Waals surface area (Å²) in [6.07, 6.45) is -15.8. The van der Waals surface area contributed by atoms with Crippen molar-refractivity contribution in [3.63, 3.8) is 0 Å². The molecular weight excluding hydrogens is 1300 g/mol.